The van der Waals surface area contributed by atoms with E-state index in [1.54, 1.807) is 26.0 Å². The normalized spacial score (nSPS) is 15.1. The highest BCUT2D eigenvalue weighted by molar-refractivity contribution is 5.87. The molecule has 0 saturated heterocycles. The lowest BCUT2D eigenvalue weighted by Crippen LogP contribution is -2.40. The second kappa shape index (κ2) is 8.11. The van der Waals surface area contributed by atoms with Crippen molar-refractivity contribution in [3.63, 3.8) is 0 Å². The third-order valence-corrected chi connectivity index (χ3v) is 3.68. The van der Waals surface area contributed by atoms with Crippen LogP contribution in [0.5, 0.6) is 0 Å². The average molecular weight is 290 g/mol. The van der Waals surface area contributed by atoms with Crippen LogP contribution in [-0.4, -0.2) is 23.6 Å². The highest BCUT2D eigenvalue weighted by Crippen LogP contribution is 2.27. The maximum absolute atomic E-state index is 12.4. The van der Waals surface area contributed by atoms with Gasteiger partial charge in [-0.25, -0.2) is 0 Å². The number of ketones is 1. The first-order valence-corrected chi connectivity index (χ1v) is 7.36. The zero-order valence-corrected chi connectivity index (χ0v) is 13.4. The Kier molecular flexibility index (Phi) is 6.79. The average Bonchev–Trinajstić information content (AvgIpc) is 2.47. The molecule has 0 heterocycles. The van der Waals surface area contributed by atoms with Gasteiger partial charge in [0.1, 0.15) is 5.78 Å². The molecule has 0 aliphatic rings. The summed E-state index contributed by atoms with van der Waals surface area (Å²) in [6, 6.07) is 9.87. The van der Waals surface area contributed by atoms with Crippen LogP contribution in [0.3, 0.4) is 0 Å². The van der Waals surface area contributed by atoms with Gasteiger partial charge in [-0.1, -0.05) is 63.3 Å². The number of benzene rings is 1. The number of carbonyl (C=O) groups excluding carboxylic acids is 1. The Hall–Kier alpha value is -1.45. The third kappa shape index (κ3) is 5.10. The summed E-state index contributed by atoms with van der Waals surface area (Å²) in [5.74, 6) is -0.232. The van der Waals surface area contributed by atoms with Gasteiger partial charge in [-0.05, 0) is 12.5 Å². The molecule has 0 aromatic heterocycles. The Morgan fingerprint density at radius 2 is 1.95 bits per heavy atom. The van der Waals surface area contributed by atoms with E-state index in [2.05, 4.69) is 0 Å². The molecule has 0 bridgehead atoms. The van der Waals surface area contributed by atoms with Gasteiger partial charge in [-0.15, -0.1) is 0 Å². The molecule has 1 aromatic carbocycles. The topological polar surface area (TPSA) is 46.5 Å². The van der Waals surface area contributed by atoms with Crippen molar-refractivity contribution in [3.05, 3.63) is 48.0 Å². The maximum atomic E-state index is 12.4. The molecule has 1 N–H and O–H groups in total. The highest BCUT2D eigenvalue weighted by atomic mass is 16.5. The lowest BCUT2D eigenvalue weighted by molar-refractivity contribution is -0.137. The molecule has 0 fully saturated rings. The summed E-state index contributed by atoms with van der Waals surface area (Å²) in [7, 11) is 0. The summed E-state index contributed by atoms with van der Waals surface area (Å²) >= 11 is 0. The summed E-state index contributed by atoms with van der Waals surface area (Å²) in [6.07, 6.45) is 2.64. The van der Waals surface area contributed by atoms with Crippen molar-refractivity contribution in [2.45, 2.75) is 40.4 Å². The minimum atomic E-state index is -0.804. The van der Waals surface area contributed by atoms with Crippen molar-refractivity contribution < 1.29 is 14.6 Å². The van der Waals surface area contributed by atoms with Crippen molar-refractivity contribution in [3.8, 4) is 0 Å². The van der Waals surface area contributed by atoms with Crippen molar-refractivity contribution in [1.82, 2.24) is 0 Å². The van der Waals surface area contributed by atoms with Gasteiger partial charge >= 0.3 is 0 Å². The van der Waals surface area contributed by atoms with Crippen LogP contribution >= 0.6 is 0 Å². The quantitative estimate of drug-likeness (QED) is 0.747. The van der Waals surface area contributed by atoms with Crippen LogP contribution in [0.15, 0.2) is 42.5 Å². The number of hydrogen-bond donors (Lipinski definition) is 1. The number of rotatable bonds is 8. The van der Waals surface area contributed by atoms with Crippen molar-refractivity contribution in [1.29, 1.82) is 0 Å². The Morgan fingerprint density at radius 3 is 2.52 bits per heavy atom. The number of carbonyl (C=O) groups is 1. The van der Waals surface area contributed by atoms with E-state index in [-0.39, 0.29) is 11.7 Å². The van der Waals surface area contributed by atoms with Crippen molar-refractivity contribution >= 4 is 5.78 Å². The van der Waals surface area contributed by atoms with E-state index in [9.17, 15) is 9.90 Å². The third-order valence-electron chi connectivity index (χ3n) is 3.68. The Labute approximate surface area is 127 Å². The van der Waals surface area contributed by atoms with E-state index in [0.29, 0.717) is 13.2 Å². The number of allylic oxidation sites excluding steroid dienone is 1. The molecule has 3 heteroatoms. The van der Waals surface area contributed by atoms with Crippen molar-refractivity contribution in [2.24, 2.45) is 11.3 Å². The molecular formula is C18H26O3. The molecule has 2 atom stereocenters. The first-order chi connectivity index (χ1) is 9.89. The molecular weight excluding hydrogens is 264 g/mol. The number of hydrogen-bond acceptors (Lipinski definition) is 3. The molecule has 1 rings (SSSR count). The standard InChI is InChI=1S/C18H26O3/c1-5-9-16(19)18(3,4)17(20)14(2)12-21-13-15-10-7-6-8-11-15/h5-11,14,16,19H,12-13H2,1-4H3/b9-5+/t14-,16-/m0/s1. The number of aliphatic hydroxyl groups is 1. The molecule has 0 spiro atoms. The summed E-state index contributed by atoms with van der Waals surface area (Å²) in [4.78, 5) is 12.4. The molecule has 0 aliphatic heterocycles. The van der Waals surface area contributed by atoms with Crippen LogP contribution in [0.1, 0.15) is 33.3 Å². The summed E-state index contributed by atoms with van der Waals surface area (Å²) < 4.78 is 5.62. The van der Waals surface area contributed by atoms with Crippen molar-refractivity contribution in [2.75, 3.05) is 6.61 Å². The molecule has 0 aliphatic carbocycles. The molecule has 3 nitrogen and oxygen atoms in total. The zero-order valence-electron chi connectivity index (χ0n) is 13.4. The lowest BCUT2D eigenvalue weighted by atomic mass is 9.77. The summed E-state index contributed by atoms with van der Waals surface area (Å²) in [5.41, 5.74) is 0.285. The number of aliphatic hydroxyl groups excluding tert-OH is 1. The van der Waals surface area contributed by atoms with Gasteiger partial charge < -0.3 is 9.84 Å². The lowest BCUT2D eigenvalue weighted by Gasteiger charge is -2.29. The van der Waals surface area contributed by atoms with Crippen LogP contribution in [0.2, 0.25) is 0 Å². The minimum absolute atomic E-state index is 0.0150. The van der Waals surface area contributed by atoms with Crippen LogP contribution in [0.25, 0.3) is 0 Å². The smallest absolute Gasteiger partial charge is 0.146 e. The van der Waals surface area contributed by atoms with Gasteiger partial charge in [-0.2, -0.15) is 0 Å². The molecule has 1 aromatic rings. The first-order valence-electron chi connectivity index (χ1n) is 7.36. The summed E-state index contributed by atoms with van der Waals surface area (Å²) in [6.45, 7) is 8.07. The second-order valence-electron chi connectivity index (χ2n) is 5.96. The first kappa shape index (κ1) is 17.6. The highest BCUT2D eigenvalue weighted by Gasteiger charge is 2.36. The fraction of sp³-hybridized carbons (Fsp3) is 0.500. The number of Topliss-reactive ketones (excluding diaryl/α,β-unsaturated/α-hetero) is 1. The maximum Gasteiger partial charge on any atom is 0.146 e. The van der Waals surface area contributed by atoms with Gasteiger partial charge in [0.25, 0.3) is 0 Å². The Morgan fingerprint density at radius 1 is 1.33 bits per heavy atom. The van der Waals surface area contributed by atoms with Crippen LogP contribution in [0.4, 0.5) is 0 Å². The second-order valence-corrected chi connectivity index (χ2v) is 5.96. The van der Waals surface area contributed by atoms with E-state index in [0.717, 1.165) is 5.56 Å². The van der Waals surface area contributed by atoms with Gasteiger partial charge in [-0.3, -0.25) is 4.79 Å². The predicted octanol–water partition coefficient (Wildman–Crippen LogP) is 3.37. The molecule has 21 heavy (non-hydrogen) atoms. The molecule has 0 unspecified atom stereocenters. The van der Waals surface area contributed by atoms with Gasteiger partial charge in [0.2, 0.25) is 0 Å². The fourth-order valence-electron chi connectivity index (χ4n) is 2.21. The molecule has 0 amide bonds. The van der Waals surface area contributed by atoms with E-state index < -0.39 is 11.5 Å². The fourth-order valence-corrected chi connectivity index (χ4v) is 2.21. The molecule has 0 saturated carbocycles. The van der Waals surface area contributed by atoms with E-state index in [1.165, 1.54) is 0 Å². The van der Waals surface area contributed by atoms with Gasteiger partial charge in [0.05, 0.1) is 24.7 Å². The monoisotopic (exact) mass is 290 g/mol. The minimum Gasteiger partial charge on any atom is -0.388 e. The van der Waals surface area contributed by atoms with Crippen LogP contribution < -0.4 is 0 Å². The molecule has 116 valence electrons. The van der Waals surface area contributed by atoms with Gasteiger partial charge in [0.15, 0.2) is 0 Å². The SMILES string of the molecule is C/C=C/[C@H](O)C(C)(C)C(=O)[C@@H](C)COCc1ccccc1. The Balaban J connectivity index is 2.51. The zero-order chi connectivity index (χ0) is 15.9. The van der Waals surface area contributed by atoms with Gasteiger partial charge in [0, 0.05) is 5.92 Å². The van der Waals surface area contributed by atoms with Crippen LogP contribution in [-0.2, 0) is 16.1 Å². The van der Waals surface area contributed by atoms with E-state index in [1.807, 2.05) is 44.2 Å². The largest absolute Gasteiger partial charge is 0.388 e. The summed E-state index contributed by atoms with van der Waals surface area (Å²) in [5, 5.41) is 10.1. The van der Waals surface area contributed by atoms with Crippen LogP contribution in [0, 0.1) is 11.3 Å². The molecule has 0 radical (unpaired) electrons. The Bertz CT molecular complexity index is 463. The number of ether oxygens (including phenoxy) is 1. The van der Waals surface area contributed by atoms with E-state index in [4.69, 9.17) is 4.74 Å². The predicted molar refractivity (Wildman–Crippen MR) is 84.9 cm³/mol. The van der Waals surface area contributed by atoms with E-state index >= 15 is 0 Å².